The number of rotatable bonds is 4. The first-order valence-corrected chi connectivity index (χ1v) is 8.96. The van der Waals surface area contributed by atoms with Crippen LogP contribution in [0.25, 0.3) is 15.9 Å². The van der Waals surface area contributed by atoms with E-state index in [9.17, 15) is 0 Å². The van der Waals surface area contributed by atoms with Gasteiger partial charge < -0.3 is 5.32 Å². The monoisotopic (exact) mass is 350 g/mol. The van der Waals surface area contributed by atoms with Crippen molar-refractivity contribution in [3.8, 4) is 5.69 Å². The molecule has 0 amide bonds. The highest BCUT2D eigenvalue weighted by atomic mass is 32.1. The first-order valence-electron chi connectivity index (χ1n) is 8.08. The van der Waals surface area contributed by atoms with Gasteiger partial charge in [-0.05, 0) is 43.8 Å². The molecule has 3 heterocycles. The van der Waals surface area contributed by atoms with E-state index in [0.29, 0.717) is 0 Å². The fourth-order valence-electron chi connectivity index (χ4n) is 2.76. The summed E-state index contributed by atoms with van der Waals surface area (Å²) >= 11 is 1.64. The van der Waals surface area contributed by atoms with Crippen molar-refractivity contribution in [3.05, 3.63) is 59.0 Å². The third-order valence-corrected chi connectivity index (χ3v) is 5.05. The van der Waals surface area contributed by atoms with Crippen molar-refractivity contribution in [2.24, 2.45) is 0 Å². The van der Waals surface area contributed by atoms with Crippen LogP contribution in [0.1, 0.15) is 30.0 Å². The van der Waals surface area contributed by atoms with Crippen molar-refractivity contribution in [3.63, 3.8) is 0 Å². The minimum Gasteiger partial charge on any atom is -0.361 e. The summed E-state index contributed by atoms with van der Waals surface area (Å²) in [6, 6.07) is 9.94. The number of aryl methyl sites for hydroxylation is 2. The van der Waals surface area contributed by atoms with E-state index in [0.717, 1.165) is 33.2 Å². The first-order chi connectivity index (χ1) is 12.1. The number of nitrogens with zero attached hydrogens (tertiary/aromatic N) is 5. The summed E-state index contributed by atoms with van der Waals surface area (Å²) in [6.07, 6.45) is 1.94. The molecular weight excluding hydrogens is 332 g/mol. The molecule has 3 aromatic heterocycles. The smallest absolute Gasteiger partial charge is 0.139 e. The Bertz CT molecular complexity index is 1020. The van der Waals surface area contributed by atoms with Crippen LogP contribution in [0.15, 0.2) is 41.9 Å². The highest BCUT2D eigenvalue weighted by Crippen LogP contribution is 2.31. The molecule has 126 valence electrons. The fraction of sp³-hybridized carbons (Fsp3) is 0.222. The van der Waals surface area contributed by atoms with Gasteiger partial charge in [-0.25, -0.2) is 14.6 Å². The van der Waals surface area contributed by atoms with Gasteiger partial charge in [0.25, 0.3) is 0 Å². The average Bonchev–Trinajstić information content (AvgIpc) is 3.23. The Labute approximate surface area is 149 Å². The number of hydrogen-bond acceptors (Lipinski definition) is 6. The van der Waals surface area contributed by atoms with E-state index >= 15 is 0 Å². The van der Waals surface area contributed by atoms with Crippen LogP contribution in [0.2, 0.25) is 0 Å². The van der Waals surface area contributed by atoms with Gasteiger partial charge in [-0.15, -0.1) is 16.4 Å². The lowest BCUT2D eigenvalue weighted by Gasteiger charge is -2.13. The van der Waals surface area contributed by atoms with Gasteiger partial charge >= 0.3 is 0 Å². The molecule has 0 aliphatic rings. The summed E-state index contributed by atoms with van der Waals surface area (Å²) < 4.78 is 1.78. The Morgan fingerprint density at radius 3 is 2.72 bits per heavy atom. The molecule has 0 bridgehead atoms. The Morgan fingerprint density at radius 1 is 1.12 bits per heavy atom. The predicted molar refractivity (Wildman–Crippen MR) is 100 cm³/mol. The lowest BCUT2D eigenvalue weighted by molar-refractivity contribution is 0.779. The van der Waals surface area contributed by atoms with Crippen LogP contribution in [0, 0.1) is 13.8 Å². The molecule has 0 saturated heterocycles. The molecule has 4 rings (SSSR count). The molecule has 6 nitrogen and oxygen atoms in total. The minimum atomic E-state index is -0.0192. The largest absolute Gasteiger partial charge is 0.361 e. The number of anilines is 1. The molecule has 0 spiro atoms. The molecule has 1 unspecified atom stereocenters. The minimum absolute atomic E-state index is 0.0192. The van der Waals surface area contributed by atoms with E-state index in [2.05, 4.69) is 44.8 Å². The standard InChI is InChI=1S/C18H18N6S/c1-11-10-25-18-16(11)17(20-13(3)21-18)19-12(2)15-9-24(23-22-15)14-7-5-4-6-8-14/h4-10,12H,1-3H3,(H,19,20,21). The Kier molecular flexibility index (Phi) is 3.93. The molecule has 1 N–H and O–H groups in total. The molecule has 4 aromatic rings. The summed E-state index contributed by atoms with van der Waals surface area (Å²) in [6.45, 7) is 6.05. The molecule has 0 aliphatic carbocycles. The summed E-state index contributed by atoms with van der Waals surface area (Å²) in [5.41, 5.74) is 3.03. The summed E-state index contributed by atoms with van der Waals surface area (Å²) in [4.78, 5) is 10.1. The molecule has 1 aromatic carbocycles. The van der Waals surface area contributed by atoms with Crippen LogP contribution in [0.5, 0.6) is 0 Å². The highest BCUT2D eigenvalue weighted by Gasteiger charge is 2.16. The van der Waals surface area contributed by atoms with Crippen LogP contribution < -0.4 is 5.32 Å². The van der Waals surface area contributed by atoms with Gasteiger partial charge in [0.05, 0.1) is 23.3 Å². The lowest BCUT2D eigenvalue weighted by Crippen LogP contribution is -2.10. The van der Waals surface area contributed by atoms with E-state index in [4.69, 9.17) is 0 Å². The maximum Gasteiger partial charge on any atom is 0.139 e. The second-order valence-electron chi connectivity index (χ2n) is 6.01. The number of fused-ring (bicyclic) bond motifs is 1. The molecule has 0 fully saturated rings. The maximum atomic E-state index is 4.59. The normalized spacial score (nSPS) is 12.4. The fourth-order valence-corrected chi connectivity index (χ4v) is 3.72. The Morgan fingerprint density at radius 2 is 1.92 bits per heavy atom. The third-order valence-electron chi connectivity index (χ3n) is 4.06. The molecule has 1 atom stereocenters. The van der Waals surface area contributed by atoms with Crippen LogP contribution in [0.4, 0.5) is 5.82 Å². The van der Waals surface area contributed by atoms with Crippen molar-refractivity contribution >= 4 is 27.4 Å². The van der Waals surface area contributed by atoms with Gasteiger partial charge in [0.15, 0.2) is 0 Å². The number of para-hydroxylation sites is 1. The average molecular weight is 350 g/mol. The number of aromatic nitrogens is 5. The highest BCUT2D eigenvalue weighted by molar-refractivity contribution is 7.17. The summed E-state index contributed by atoms with van der Waals surface area (Å²) in [5.74, 6) is 1.61. The van der Waals surface area contributed by atoms with Crippen molar-refractivity contribution in [1.29, 1.82) is 0 Å². The van der Waals surface area contributed by atoms with Gasteiger partial charge in [-0.1, -0.05) is 23.4 Å². The van der Waals surface area contributed by atoms with Gasteiger partial charge in [-0.2, -0.15) is 0 Å². The quantitative estimate of drug-likeness (QED) is 0.601. The molecule has 0 saturated carbocycles. The van der Waals surface area contributed by atoms with Crippen LogP contribution in [-0.2, 0) is 0 Å². The van der Waals surface area contributed by atoms with Crippen molar-refractivity contribution in [2.45, 2.75) is 26.8 Å². The number of hydrogen-bond donors (Lipinski definition) is 1. The van der Waals surface area contributed by atoms with Crippen LogP contribution >= 0.6 is 11.3 Å². The SMILES string of the molecule is Cc1nc(NC(C)c2cn(-c3ccccc3)nn2)c2c(C)csc2n1. The van der Waals surface area contributed by atoms with E-state index < -0.39 is 0 Å². The van der Waals surface area contributed by atoms with Gasteiger partial charge in [-0.3, -0.25) is 0 Å². The lowest BCUT2D eigenvalue weighted by atomic mass is 10.2. The molecular formula is C18H18N6S. The van der Waals surface area contributed by atoms with Crippen LogP contribution in [-0.4, -0.2) is 25.0 Å². The second-order valence-corrected chi connectivity index (χ2v) is 6.87. The predicted octanol–water partition coefficient (Wildman–Crippen LogP) is 4.06. The zero-order valence-electron chi connectivity index (χ0n) is 14.3. The number of nitrogens with one attached hydrogen (secondary N) is 1. The van der Waals surface area contributed by atoms with E-state index in [1.165, 1.54) is 5.56 Å². The van der Waals surface area contributed by atoms with E-state index in [-0.39, 0.29) is 6.04 Å². The van der Waals surface area contributed by atoms with Gasteiger partial charge in [0.2, 0.25) is 0 Å². The Balaban J connectivity index is 1.64. The molecule has 0 radical (unpaired) electrons. The van der Waals surface area contributed by atoms with E-state index in [1.807, 2.05) is 43.5 Å². The molecule has 7 heteroatoms. The summed E-state index contributed by atoms with van der Waals surface area (Å²) in [5, 5.41) is 15.2. The van der Waals surface area contributed by atoms with E-state index in [1.54, 1.807) is 16.0 Å². The van der Waals surface area contributed by atoms with Gasteiger partial charge in [0, 0.05) is 0 Å². The third kappa shape index (κ3) is 2.98. The van der Waals surface area contributed by atoms with Crippen molar-refractivity contribution in [2.75, 3.05) is 5.32 Å². The van der Waals surface area contributed by atoms with Crippen molar-refractivity contribution < 1.29 is 0 Å². The van der Waals surface area contributed by atoms with Gasteiger partial charge in [0.1, 0.15) is 22.2 Å². The Hall–Kier alpha value is -2.80. The summed E-state index contributed by atoms with van der Waals surface area (Å²) in [7, 11) is 0. The first kappa shape index (κ1) is 15.7. The topological polar surface area (TPSA) is 68.5 Å². The number of benzene rings is 1. The maximum absolute atomic E-state index is 4.59. The van der Waals surface area contributed by atoms with Crippen molar-refractivity contribution in [1.82, 2.24) is 25.0 Å². The molecule has 0 aliphatic heterocycles. The second kappa shape index (κ2) is 6.25. The zero-order chi connectivity index (χ0) is 17.4. The van der Waals surface area contributed by atoms with Crippen LogP contribution in [0.3, 0.4) is 0 Å². The zero-order valence-corrected chi connectivity index (χ0v) is 15.1. The number of thiophene rings is 1. The molecule has 25 heavy (non-hydrogen) atoms.